The number of fused-ring (bicyclic) bond motifs is 1. The lowest BCUT2D eigenvalue weighted by atomic mass is 10.1. The van der Waals surface area contributed by atoms with Crippen LogP contribution in [0.15, 0.2) is 23.6 Å². The lowest BCUT2D eigenvalue weighted by Gasteiger charge is -2.09. The zero-order chi connectivity index (χ0) is 18.5. The van der Waals surface area contributed by atoms with Crippen molar-refractivity contribution < 1.29 is 4.74 Å². The summed E-state index contributed by atoms with van der Waals surface area (Å²) >= 11 is 7.83. The molecule has 0 spiro atoms. The molecule has 0 aliphatic carbocycles. The number of nitrogens with zero attached hydrogens (tertiary/aromatic N) is 3. The smallest absolute Gasteiger partial charge is 0.243 e. The van der Waals surface area contributed by atoms with E-state index in [1.54, 1.807) is 29.9 Å². The Bertz CT molecular complexity index is 942. The molecule has 0 saturated carbocycles. The van der Waals surface area contributed by atoms with Crippen molar-refractivity contribution in [2.45, 2.75) is 25.9 Å². The van der Waals surface area contributed by atoms with Crippen LogP contribution in [-0.4, -0.2) is 34.4 Å². The second kappa shape index (κ2) is 8.52. The van der Waals surface area contributed by atoms with Gasteiger partial charge in [0.15, 0.2) is 5.82 Å². The van der Waals surface area contributed by atoms with Gasteiger partial charge in [-0.25, -0.2) is 4.52 Å². The number of thiophene rings is 1. The number of nitrogens with two attached hydrogens (primary N) is 1. The molecule has 136 valence electrons. The summed E-state index contributed by atoms with van der Waals surface area (Å²) in [4.78, 5) is 5.56. The minimum Gasteiger partial charge on any atom is -0.383 e. The van der Waals surface area contributed by atoms with Gasteiger partial charge >= 0.3 is 0 Å². The lowest BCUT2D eigenvalue weighted by Crippen LogP contribution is -2.28. The Morgan fingerprint density at radius 3 is 3.04 bits per heavy atom. The molecule has 0 amide bonds. The number of nitrogens with one attached hydrogen (secondary N) is 1. The van der Waals surface area contributed by atoms with Crippen LogP contribution < -0.4 is 11.1 Å². The van der Waals surface area contributed by atoms with Crippen LogP contribution in [-0.2, 0) is 17.7 Å². The number of hydrogen-bond acceptors (Lipinski definition) is 6. The Morgan fingerprint density at radius 2 is 2.35 bits per heavy atom. The third-order valence-corrected chi connectivity index (χ3v) is 4.84. The molecule has 0 bridgehead atoms. The summed E-state index contributed by atoms with van der Waals surface area (Å²) in [6.07, 6.45) is 0.628. The van der Waals surface area contributed by atoms with Crippen molar-refractivity contribution in [2.75, 3.05) is 19.0 Å². The topological polar surface area (TPSA) is 77.5 Å². The highest BCUT2D eigenvalue weighted by Gasteiger charge is 2.17. The molecule has 26 heavy (non-hydrogen) atoms. The second-order valence-corrected chi connectivity index (χ2v) is 7.14. The van der Waals surface area contributed by atoms with Gasteiger partial charge in [0.25, 0.3) is 0 Å². The predicted molar refractivity (Wildman–Crippen MR) is 106 cm³/mol. The van der Waals surface area contributed by atoms with E-state index in [9.17, 15) is 0 Å². The highest BCUT2D eigenvalue weighted by molar-refractivity contribution is 7.09. The SMILES string of the molecule is CC#Cc1c(C[C@@H](N)COC)cc2c(NCc3cccs3)nc(Cl)nn12. The van der Waals surface area contributed by atoms with Crippen molar-refractivity contribution in [3.8, 4) is 11.8 Å². The van der Waals surface area contributed by atoms with E-state index in [-0.39, 0.29) is 11.3 Å². The van der Waals surface area contributed by atoms with E-state index >= 15 is 0 Å². The average Bonchev–Trinajstić information content (AvgIpc) is 3.23. The normalized spacial score (nSPS) is 12.0. The summed E-state index contributed by atoms with van der Waals surface area (Å²) in [5, 5.41) is 9.88. The number of ether oxygens (including phenoxy) is 1. The van der Waals surface area contributed by atoms with Crippen molar-refractivity contribution in [3.05, 3.63) is 45.0 Å². The molecule has 0 radical (unpaired) electrons. The molecular formula is C18H20ClN5OS. The van der Waals surface area contributed by atoms with E-state index in [1.807, 2.05) is 17.5 Å². The minimum atomic E-state index is -0.124. The van der Waals surface area contributed by atoms with Crippen LogP contribution in [0.25, 0.3) is 5.52 Å². The fourth-order valence-corrected chi connectivity index (χ4v) is 3.56. The Labute approximate surface area is 161 Å². The van der Waals surface area contributed by atoms with Gasteiger partial charge in [-0.2, -0.15) is 4.98 Å². The molecule has 3 aromatic rings. The molecule has 0 aliphatic rings. The summed E-state index contributed by atoms with van der Waals surface area (Å²) in [7, 11) is 1.64. The zero-order valence-corrected chi connectivity index (χ0v) is 16.2. The van der Waals surface area contributed by atoms with E-state index < -0.39 is 0 Å². The van der Waals surface area contributed by atoms with E-state index in [0.717, 1.165) is 16.8 Å². The summed E-state index contributed by atoms with van der Waals surface area (Å²) in [5.74, 6) is 6.72. The number of hydrogen-bond donors (Lipinski definition) is 2. The van der Waals surface area contributed by atoms with E-state index in [4.69, 9.17) is 22.1 Å². The van der Waals surface area contributed by atoms with Crippen molar-refractivity contribution in [1.29, 1.82) is 0 Å². The van der Waals surface area contributed by atoms with Gasteiger partial charge in [0, 0.05) is 18.0 Å². The van der Waals surface area contributed by atoms with Gasteiger partial charge in [0.05, 0.1) is 13.2 Å². The van der Waals surface area contributed by atoms with Crippen LogP contribution in [0.3, 0.4) is 0 Å². The fraction of sp³-hybridized carbons (Fsp3) is 0.333. The molecule has 0 unspecified atom stereocenters. The Kier molecular flexibility index (Phi) is 6.12. The van der Waals surface area contributed by atoms with Gasteiger partial charge in [-0.3, -0.25) is 0 Å². The summed E-state index contributed by atoms with van der Waals surface area (Å²) in [6.45, 7) is 2.93. The highest BCUT2D eigenvalue weighted by Crippen LogP contribution is 2.24. The molecule has 6 nitrogen and oxygen atoms in total. The molecular weight excluding hydrogens is 370 g/mol. The quantitative estimate of drug-likeness (QED) is 0.607. The maximum Gasteiger partial charge on any atom is 0.243 e. The van der Waals surface area contributed by atoms with Gasteiger partial charge in [0.1, 0.15) is 11.2 Å². The van der Waals surface area contributed by atoms with Crippen molar-refractivity contribution in [2.24, 2.45) is 5.73 Å². The standard InChI is InChI=1S/C18H20ClN5OS/c1-3-5-15-12(8-13(20)11-25-2)9-16-17(22-18(19)23-24(15)16)21-10-14-6-4-7-26-14/h4,6-7,9,13H,8,10-11,20H2,1-2H3,(H,21,22,23)/t13-/m1/s1. The van der Waals surface area contributed by atoms with Gasteiger partial charge < -0.3 is 15.8 Å². The Balaban J connectivity index is 2.01. The minimum absolute atomic E-state index is 0.124. The van der Waals surface area contributed by atoms with E-state index in [2.05, 4.69) is 33.3 Å². The molecule has 1 atom stereocenters. The largest absolute Gasteiger partial charge is 0.383 e. The van der Waals surface area contributed by atoms with Gasteiger partial charge in [-0.15, -0.1) is 16.4 Å². The first-order valence-electron chi connectivity index (χ1n) is 8.14. The number of aromatic nitrogens is 3. The maximum atomic E-state index is 6.15. The first kappa shape index (κ1) is 18.7. The first-order chi connectivity index (χ1) is 12.6. The number of rotatable bonds is 7. The summed E-state index contributed by atoms with van der Waals surface area (Å²) in [5.41, 5.74) is 8.73. The first-order valence-corrected chi connectivity index (χ1v) is 9.39. The molecule has 0 saturated heterocycles. The average molecular weight is 390 g/mol. The van der Waals surface area contributed by atoms with E-state index in [0.29, 0.717) is 25.4 Å². The third kappa shape index (κ3) is 4.17. The Hall–Kier alpha value is -2.11. The van der Waals surface area contributed by atoms with Crippen LogP contribution in [0.2, 0.25) is 5.28 Å². The second-order valence-electron chi connectivity index (χ2n) is 5.77. The van der Waals surface area contributed by atoms with E-state index in [1.165, 1.54) is 4.88 Å². The summed E-state index contributed by atoms with van der Waals surface area (Å²) in [6, 6.07) is 5.98. The van der Waals surface area contributed by atoms with Gasteiger partial charge in [0.2, 0.25) is 5.28 Å². The van der Waals surface area contributed by atoms with Gasteiger partial charge in [-0.1, -0.05) is 12.0 Å². The van der Waals surface area contributed by atoms with Crippen LogP contribution in [0.5, 0.6) is 0 Å². The number of methoxy groups -OCH3 is 1. The molecule has 0 aliphatic heterocycles. The molecule has 0 aromatic carbocycles. The number of halogens is 1. The van der Waals surface area contributed by atoms with Crippen molar-refractivity contribution in [3.63, 3.8) is 0 Å². The molecule has 8 heteroatoms. The molecule has 3 aromatic heterocycles. The monoisotopic (exact) mass is 389 g/mol. The molecule has 3 N–H and O–H groups in total. The molecule has 3 heterocycles. The molecule has 0 fully saturated rings. The lowest BCUT2D eigenvalue weighted by molar-refractivity contribution is 0.180. The summed E-state index contributed by atoms with van der Waals surface area (Å²) < 4.78 is 6.88. The number of anilines is 1. The fourth-order valence-electron chi connectivity index (χ4n) is 2.75. The Morgan fingerprint density at radius 1 is 1.50 bits per heavy atom. The van der Waals surface area contributed by atoms with Crippen molar-refractivity contribution >= 4 is 34.3 Å². The van der Waals surface area contributed by atoms with Crippen molar-refractivity contribution in [1.82, 2.24) is 14.6 Å². The highest BCUT2D eigenvalue weighted by atomic mass is 35.5. The predicted octanol–water partition coefficient (Wildman–Crippen LogP) is 2.94. The van der Waals surface area contributed by atoms with Gasteiger partial charge in [-0.05, 0) is 53.9 Å². The van der Waals surface area contributed by atoms with Crippen LogP contribution in [0.4, 0.5) is 5.82 Å². The third-order valence-electron chi connectivity index (χ3n) is 3.80. The van der Waals surface area contributed by atoms with Crippen LogP contribution in [0.1, 0.15) is 23.1 Å². The zero-order valence-electron chi connectivity index (χ0n) is 14.6. The molecule has 3 rings (SSSR count). The van der Waals surface area contributed by atoms with Crippen LogP contribution in [0, 0.1) is 11.8 Å². The maximum absolute atomic E-state index is 6.15. The van der Waals surface area contributed by atoms with Crippen LogP contribution >= 0.6 is 22.9 Å².